The number of anilines is 1. The first-order valence-electron chi connectivity index (χ1n) is 10.4. The number of rotatable bonds is 3. The number of nitrogens with zero attached hydrogens (tertiary/aromatic N) is 2. The predicted molar refractivity (Wildman–Crippen MR) is 108 cm³/mol. The maximum absolute atomic E-state index is 13.6. The molecule has 4 aliphatic carbocycles. The molecule has 146 valence electrons. The van der Waals surface area contributed by atoms with Crippen LogP contribution in [0, 0.1) is 23.2 Å². The van der Waals surface area contributed by atoms with Crippen LogP contribution in [0.25, 0.3) is 5.69 Å². The minimum absolute atomic E-state index is 0.171. The molecule has 1 atom stereocenters. The standard InChI is InChI=1S/C22H25N3O2S/c26-21(22-9-14-6-15(10-22)8-16(7-14)11-22)23-20-18-12-28(27)13-19(18)24-25(20)17-4-2-1-3-5-17/h1-5,14-16H,6-13H2,(H,23,26)/t14?,15?,16?,22?,28-/m1/s1. The van der Waals surface area contributed by atoms with Crippen molar-refractivity contribution < 1.29 is 9.00 Å². The van der Waals surface area contributed by atoms with Gasteiger partial charge in [0.25, 0.3) is 0 Å². The number of hydrogen-bond acceptors (Lipinski definition) is 3. The van der Waals surface area contributed by atoms with Crippen molar-refractivity contribution in [2.45, 2.75) is 50.0 Å². The number of hydrogen-bond donors (Lipinski definition) is 1. The molecule has 28 heavy (non-hydrogen) atoms. The van der Waals surface area contributed by atoms with Crippen molar-refractivity contribution in [1.29, 1.82) is 0 Å². The fraction of sp³-hybridized carbons (Fsp3) is 0.545. The van der Waals surface area contributed by atoms with Gasteiger partial charge in [-0.2, -0.15) is 5.10 Å². The molecule has 6 heteroatoms. The molecule has 2 aromatic rings. The third-order valence-electron chi connectivity index (χ3n) is 7.42. The Kier molecular flexibility index (Phi) is 3.65. The summed E-state index contributed by atoms with van der Waals surface area (Å²) in [5.41, 5.74) is 2.55. The highest BCUT2D eigenvalue weighted by atomic mass is 32.2. The van der Waals surface area contributed by atoms with E-state index in [1.165, 1.54) is 19.3 Å². The van der Waals surface area contributed by atoms with Crippen LogP contribution in [-0.4, -0.2) is 19.9 Å². The van der Waals surface area contributed by atoms with Gasteiger partial charge in [-0.1, -0.05) is 18.2 Å². The first kappa shape index (κ1) is 17.0. The molecule has 5 nitrogen and oxygen atoms in total. The number of para-hydroxylation sites is 1. The Balaban J connectivity index is 1.37. The van der Waals surface area contributed by atoms with Crippen LogP contribution < -0.4 is 5.32 Å². The van der Waals surface area contributed by atoms with E-state index in [1.54, 1.807) is 0 Å². The number of aromatic nitrogens is 2. The topological polar surface area (TPSA) is 64.0 Å². The van der Waals surface area contributed by atoms with E-state index in [1.807, 2.05) is 35.0 Å². The van der Waals surface area contributed by atoms with Crippen molar-refractivity contribution in [1.82, 2.24) is 9.78 Å². The van der Waals surface area contributed by atoms with Crippen LogP contribution in [0.5, 0.6) is 0 Å². The van der Waals surface area contributed by atoms with E-state index in [-0.39, 0.29) is 11.3 Å². The Hall–Kier alpha value is -1.95. The maximum atomic E-state index is 13.6. The second kappa shape index (κ2) is 6.02. The molecule has 1 aromatic heterocycles. The molecule has 0 unspecified atom stereocenters. The molecule has 1 aliphatic heterocycles. The van der Waals surface area contributed by atoms with Gasteiger partial charge in [0.1, 0.15) is 5.82 Å². The molecule has 4 bridgehead atoms. The van der Waals surface area contributed by atoms with Crippen molar-refractivity contribution in [3.63, 3.8) is 0 Å². The zero-order valence-corrected chi connectivity index (χ0v) is 16.7. The maximum Gasteiger partial charge on any atom is 0.231 e. The molecule has 0 spiro atoms. The molecule has 0 radical (unpaired) electrons. The van der Waals surface area contributed by atoms with Crippen LogP contribution in [-0.2, 0) is 27.1 Å². The van der Waals surface area contributed by atoms with E-state index in [9.17, 15) is 9.00 Å². The van der Waals surface area contributed by atoms with E-state index in [4.69, 9.17) is 5.10 Å². The number of amides is 1. The molecule has 5 aliphatic rings. The fourth-order valence-electron chi connectivity index (χ4n) is 6.64. The van der Waals surface area contributed by atoms with Gasteiger partial charge in [0.2, 0.25) is 5.91 Å². The van der Waals surface area contributed by atoms with Gasteiger partial charge in [0.15, 0.2) is 0 Å². The molecule has 4 fully saturated rings. The van der Waals surface area contributed by atoms with Gasteiger partial charge in [0.05, 0.1) is 28.3 Å². The number of nitrogens with one attached hydrogen (secondary N) is 1. The molecule has 1 amide bonds. The number of benzene rings is 1. The summed E-state index contributed by atoms with van der Waals surface area (Å²) in [5.74, 6) is 4.07. The molecule has 1 aromatic carbocycles. The second-order valence-corrected chi connectivity index (χ2v) is 10.9. The molecule has 4 saturated carbocycles. The Morgan fingerprint density at radius 1 is 1.04 bits per heavy atom. The molecular weight excluding hydrogens is 370 g/mol. The Morgan fingerprint density at radius 3 is 2.32 bits per heavy atom. The van der Waals surface area contributed by atoms with Gasteiger partial charge < -0.3 is 5.32 Å². The minimum Gasteiger partial charge on any atom is -0.310 e. The largest absolute Gasteiger partial charge is 0.310 e. The summed E-state index contributed by atoms with van der Waals surface area (Å²) in [7, 11) is -0.915. The monoisotopic (exact) mass is 395 g/mol. The predicted octanol–water partition coefficient (Wildman–Crippen LogP) is 3.79. The van der Waals surface area contributed by atoms with Crippen LogP contribution >= 0.6 is 0 Å². The summed E-state index contributed by atoms with van der Waals surface area (Å²) in [4.78, 5) is 13.6. The summed E-state index contributed by atoms with van der Waals surface area (Å²) < 4.78 is 14.0. The van der Waals surface area contributed by atoms with E-state index in [0.29, 0.717) is 11.5 Å². The van der Waals surface area contributed by atoms with Crippen molar-refractivity contribution in [2.24, 2.45) is 23.2 Å². The van der Waals surface area contributed by atoms with E-state index >= 15 is 0 Å². The lowest BCUT2D eigenvalue weighted by molar-refractivity contribution is -0.140. The Bertz CT molecular complexity index is 946. The highest BCUT2D eigenvalue weighted by molar-refractivity contribution is 7.83. The third-order valence-corrected chi connectivity index (χ3v) is 8.63. The van der Waals surface area contributed by atoms with E-state index in [2.05, 4.69) is 5.32 Å². The Labute approximate surface area is 167 Å². The van der Waals surface area contributed by atoms with Crippen LogP contribution in [0.15, 0.2) is 30.3 Å². The van der Waals surface area contributed by atoms with Crippen molar-refractivity contribution in [3.8, 4) is 5.69 Å². The zero-order valence-electron chi connectivity index (χ0n) is 15.9. The number of fused-ring (bicyclic) bond motifs is 1. The zero-order chi connectivity index (χ0) is 18.9. The van der Waals surface area contributed by atoms with Gasteiger partial charge in [-0.05, 0) is 68.4 Å². The van der Waals surface area contributed by atoms with E-state index < -0.39 is 10.8 Å². The molecule has 1 N–H and O–H groups in total. The lowest BCUT2D eigenvalue weighted by atomic mass is 9.49. The third kappa shape index (κ3) is 2.53. The summed E-state index contributed by atoms with van der Waals surface area (Å²) in [6, 6.07) is 9.93. The normalized spacial score (nSPS) is 35.1. The average molecular weight is 396 g/mol. The van der Waals surface area contributed by atoms with E-state index in [0.717, 1.165) is 59.8 Å². The highest BCUT2D eigenvalue weighted by Gasteiger charge is 2.54. The van der Waals surface area contributed by atoms with Gasteiger partial charge in [0, 0.05) is 16.4 Å². The van der Waals surface area contributed by atoms with Crippen LogP contribution in [0.2, 0.25) is 0 Å². The van der Waals surface area contributed by atoms with Crippen molar-refractivity contribution >= 4 is 22.5 Å². The van der Waals surface area contributed by atoms with Gasteiger partial charge >= 0.3 is 0 Å². The summed E-state index contributed by atoms with van der Waals surface area (Å²) >= 11 is 0. The average Bonchev–Trinajstić information content (AvgIpc) is 3.18. The van der Waals surface area contributed by atoms with Gasteiger partial charge in [-0.25, -0.2) is 4.68 Å². The van der Waals surface area contributed by atoms with Crippen LogP contribution in [0.3, 0.4) is 0 Å². The Morgan fingerprint density at radius 2 is 1.68 bits per heavy atom. The lowest BCUT2D eigenvalue weighted by Gasteiger charge is -2.55. The van der Waals surface area contributed by atoms with Crippen molar-refractivity contribution in [2.75, 3.05) is 5.32 Å². The molecular formula is C22H25N3O2S. The quantitative estimate of drug-likeness (QED) is 0.860. The SMILES string of the molecule is O=C(Nc1c2c(nn1-c1ccccc1)C[S@](=O)C2)C12CC3CC(CC(C3)C1)C2. The molecule has 7 rings (SSSR count). The van der Waals surface area contributed by atoms with Crippen LogP contribution in [0.1, 0.15) is 49.8 Å². The smallest absolute Gasteiger partial charge is 0.231 e. The summed E-state index contributed by atoms with van der Waals surface area (Å²) in [5, 5.41) is 8.01. The first-order valence-corrected chi connectivity index (χ1v) is 11.9. The highest BCUT2D eigenvalue weighted by Crippen LogP contribution is 2.60. The summed E-state index contributed by atoms with van der Waals surface area (Å²) in [6.07, 6.45) is 7.09. The minimum atomic E-state index is -0.915. The summed E-state index contributed by atoms with van der Waals surface area (Å²) in [6.45, 7) is 0. The number of carbonyl (C=O) groups excluding carboxylic acids is 1. The van der Waals surface area contributed by atoms with Crippen molar-refractivity contribution in [3.05, 3.63) is 41.6 Å². The van der Waals surface area contributed by atoms with Gasteiger partial charge in [-0.15, -0.1) is 0 Å². The fourth-order valence-corrected chi connectivity index (χ4v) is 7.91. The first-order chi connectivity index (χ1) is 13.6. The van der Waals surface area contributed by atoms with Crippen LogP contribution in [0.4, 0.5) is 5.82 Å². The lowest BCUT2D eigenvalue weighted by Crippen LogP contribution is -2.52. The molecule has 2 heterocycles. The molecule has 0 saturated heterocycles. The second-order valence-electron chi connectivity index (χ2n) is 9.40. The van der Waals surface area contributed by atoms with Gasteiger partial charge in [-0.3, -0.25) is 9.00 Å². The number of carbonyl (C=O) groups is 1.